The van der Waals surface area contributed by atoms with Gasteiger partial charge in [-0.2, -0.15) is 0 Å². The van der Waals surface area contributed by atoms with Crippen molar-refractivity contribution in [2.75, 3.05) is 26.4 Å². The first-order valence-electron chi connectivity index (χ1n) is 9.05. The average Bonchev–Trinajstić information content (AvgIpc) is 3.16. The summed E-state index contributed by atoms with van der Waals surface area (Å²) >= 11 is 1.24. The second-order valence-electron chi connectivity index (χ2n) is 6.67. The second kappa shape index (κ2) is 9.52. The van der Waals surface area contributed by atoms with Crippen molar-refractivity contribution < 1.29 is 9.21 Å². The smallest absolute Gasteiger partial charge is 0.277 e. The molecule has 0 aliphatic carbocycles. The zero-order chi connectivity index (χ0) is 19.9. The standard InChI is InChI=1S/C21H24N4O2S/c1-15-9-7-8-12-17(15)20-23-24-21(27-20)28-14-19(26)22-13-18(25(2)3)16-10-5-4-6-11-16/h4-12,18H,13-14H2,1-3H3,(H,22,26)/t18-/m0/s1. The van der Waals surface area contributed by atoms with E-state index < -0.39 is 0 Å². The Labute approximate surface area is 169 Å². The van der Waals surface area contributed by atoms with Gasteiger partial charge in [0.25, 0.3) is 5.22 Å². The van der Waals surface area contributed by atoms with Gasteiger partial charge in [0.1, 0.15) is 0 Å². The largest absolute Gasteiger partial charge is 0.411 e. The number of benzene rings is 2. The molecule has 1 heterocycles. The number of amides is 1. The lowest BCUT2D eigenvalue weighted by molar-refractivity contribution is -0.118. The summed E-state index contributed by atoms with van der Waals surface area (Å²) < 4.78 is 5.69. The van der Waals surface area contributed by atoms with E-state index >= 15 is 0 Å². The number of aromatic nitrogens is 2. The molecule has 1 N–H and O–H groups in total. The summed E-state index contributed by atoms with van der Waals surface area (Å²) in [5, 5.41) is 11.5. The van der Waals surface area contributed by atoms with E-state index in [9.17, 15) is 4.79 Å². The van der Waals surface area contributed by atoms with E-state index in [1.807, 2.05) is 63.5 Å². The number of thioether (sulfide) groups is 1. The van der Waals surface area contributed by atoms with Crippen LogP contribution in [-0.4, -0.2) is 47.4 Å². The number of carbonyl (C=O) groups is 1. The van der Waals surface area contributed by atoms with Gasteiger partial charge in [0, 0.05) is 12.1 Å². The van der Waals surface area contributed by atoms with E-state index in [0.717, 1.165) is 11.1 Å². The number of hydrogen-bond donors (Lipinski definition) is 1. The van der Waals surface area contributed by atoms with Gasteiger partial charge in [-0.25, -0.2) is 0 Å². The van der Waals surface area contributed by atoms with Crippen LogP contribution in [0.15, 0.2) is 64.2 Å². The lowest BCUT2D eigenvalue weighted by atomic mass is 10.1. The van der Waals surface area contributed by atoms with Crippen molar-refractivity contribution in [2.45, 2.75) is 18.2 Å². The second-order valence-corrected chi connectivity index (χ2v) is 7.60. The summed E-state index contributed by atoms with van der Waals surface area (Å²) in [4.78, 5) is 14.4. The van der Waals surface area contributed by atoms with E-state index in [0.29, 0.717) is 17.7 Å². The highest BCUT2D eigenvalue weighted by molar-refractivity contribution is 7.99. The first-order chi connectivity index (χ1) is 13.5. The molecule has 0 saturated heterocycles. The number of likely N-dealkylation sites (N-methyl/N-ethyl adjacent to an activating group) is 1. The van der Waals surface area contributed by atoms with Crippen molar-refractivity contribution in [3.05, 3.63) is 65.7 Å². The maximum Gasteiger partial charge on any atom is 0.277 e. The van der Waals surface area contributed by atoms with Gasteiger partial charge in [-0.05, 0) is 38.2 Å². The molecule has 0 saturated carbocycles. The van der Waals surface area contributed by atoms with E-state index in [-0.39, 0.29) is 17.7 Å². The van der Waals surface area contributed by atoms with Crippen LogP contribution < -0.4 is 5.32 Å². The molecule has 1 aromatic heterocycles. The summed E-state index contributed by atoms with van der Waals surface area (Å²) in [6.07, 6.45) is 0. The molecule has 0 unspecified atom stereocenters. The third-order valence-electron chi connectivity index (χ3n) is 4.41. The van der Waals surface area contributed by atoms with E-state index in [1.54, 1.807) is 0 Å². The van der Waals surface area contributed by atoms with Gasteiger partial charge in [-0.3, -0.25) is 4.79 Å². The van der Waals surface area contributed by atoms with Gasteiger partial charge in [0.15, 0.2) is 0 Å². The number of rotatable bonds is 8. The topological polar surface area (TPSA) is 71.3 Å². The van der Waals surface area contributed by atoms with Gasteiger partial charge in [0.05, 0.1) is 11.8 Å². The Kier molecular flexibility index (Phi) is 6.84. The van der Waals surface area contributed by atoms with E-state index in [4.69, 9.17) is 4.42 Å². The highest BCUT2D eigenvalue weighted by Gasteiger charge is 2.16. The molecular weight excluding hydrogens is 372 g/mol. The highest BCUT2D eigenvalue weighted by atomic mass is 32.2. The monoisotopic (exact) mass is 396 g/mol. The third-order valence-corrected chi connectivity index (χ3v) is 5.23. The van der Waals surface area contributed by atoms with Crippen LogP contribution in [0.25, 0.3) is 11.5 Å². The molecule has 7 heteroatoms. The molecule has 0 aliphatic rings. The number of nitrogens with zero attached hydrogens (tertiary/aromatic N) is 3. The lowest BCUT2D eigenvalue weighted by Gasteiger charge is -2.25. The number of hydrogen-bond acceptors (Lipinski definition) is 6. The van der Waals surface area contributed by atoms with Gasteiger partial charge in [0.2, 0.25) is 11.8 Å². The Hall–Kier alpha value is -2.64. The molecule has 1 atom stereocenters. The fourth-order valence-corrected chi connectivity index (χ4v) is 3.45. The van der Waals surface area contributed by atoms with Gasteiger partial charge in [-0.15, -0.1) is 10.2 Å². The molecular formula is C21H24N4O2S. The minimum atomic E-state index is -0.0663. The highest BCUT2D eigenvalue weighted by Crippen LogP contribution is 2.25. The molecule has 0 spiro atoms. The lowest BCUT2D eigenvalue weighted by Crippen LogP contribution is -2.35. The molecule has 6 nitrogen and oxygen atoms in total. The quantitative estimate of drug-likeness (QED) is 0.587. The first kappa shape index (κ1) is 20.1. The fourth-order valence-electron chi connectivity index (χ4n) is 2.85. The molecule has 2 aromatic carbocycles. The third kappa shape index (κ3) is 5.21. The Morgan fingerprint density at radius 3 is 2.54 bits per heavy atom. The molecule has 0 bridgehead atoms. The summed E-state index contributed by atoms with van der Waals surface area (Å²) in [6, 6.07) is 18.1. The Bertz CT molecular complexity index is 912. The van der Waals surface area contributed by atoms with E-state index in [2.05, 4.69) is 32.5 Å². The summed E-state index contributed by atoms with van der Waals surface area (Å²) in [6.45, 7) is 2.53. The zero-order valence-corrected chi connectivity index (χ0v) is 17.1. The predicted molar refractivity (Wildman–Crippen MR) is 111 cm³/mol. The minimum Gasteiger partial charge on any atom is -0.411 e. The van der Waals surface area contributed by atoms with Crippen LogP contribution in [0.5, 0.6) is 0 Å². The Morgan fingerprint density at radius 1 is 1.11 bits per heavy atom. The van der Waals surface area contributed by atoms with Crippen LogP contribution in [0, 0.1) is 6.92 Å². The fraction of sp³-hybridized carbons (Fsp3) is 0.286. The zero-order valence-electron chi connectivity index (χ0n) is 16.3. The SMILES string of the molecule is Cc1ccccc1-c1nnc(SCC(=O)NC[C@@H](c2ccccc2)N(C)C)o1. The maximum absolute atomic E-state index is 12.3. The molecule has 3 aromatic rings. The van der Waals surface area contributed by atoms with E-state index in [1.165, 1.54) is 17.3 Å². The van der Waals surface area contributed by atoms with Crippen molar-refractivity contribution in [3.8, 4) is 11.5 Å². The predicted octanol–water partition coefficient (Wildman–Crippen LogP) is 3.56. The average molecular weight is 397 g/mol. The molecule has 0 fully saturated rings. The Balaban J connectivity index is 1.53. The van der Waals surface area contributed by atoms with Crippen LogP contribution >= 0.6 is 11.8 Å². The van der Waals surface area contributed by atoms with Crippen LogP contribution in [-0.2, 0) is 4.79 Å². The molecule has 146 valence electrons. The van der Waals surface area contributed by atoms with Gasteiger partial charge < -0.3 is 14.6 Å². The maximum atomic E-state index is 12.3. The first-order valence-corrected chi connectivity index (χ1v) is 10.0. The van der Waals surface area contributed by atoms with Crippen molar-refractivity contribution in [3.63, 3.8) is 0 Å². The number of carbonyl (C=O) groups excluding carboxylic acids is 1. The van der Waals surface area contributed by atoms with Crippen LogP contribution in [0.3, 0.4) is 0 Å². The summed E-state index contributed by atoms with van der Waals surface area (Å²) in [5.74, 6) is 0.630. The Morgan fingerprint density at radius 2 is 1.82 bits per heavy atom. The van der Waals surface area contributed by atoms with Crippen molar-refractivity contribution in [2.24, 2.45) is 0 Å². The molecule has 3 rings (SSSR count). The van der Waals surface area contributed by atoms with Crippen LogP contribution in [0.2, 0.25) is 0 Å². The van der Waals surface area contributed by atoms with Crippen LogP contribution in [0.4, 0.5) is 0 Å². The van der Waals surface area contributed by atoms with Crippen LogP contribution in [0.1, 0.15) is 17.2 Å². The number of aryl methyl sites for hydroxylation is 1. The van der Waals surface area contributed by atoms with Gasteiger partial charge in [-0.1, -0.05) is 60.3 Å². The molecule has 1 amide bonds. The van der Waals surface area contributed by atoms with Crippen molar-refractivity contribution in [1.29, 1.82) is 0 Å². The minimum absolute atomic E-state index is 0.0663. The van der Waals surface area contributed by atoms with Crippen molar-refractivity contribution in [1.82, 2.24) is 20.4 Å². The summed E-state index contributed by atoms with van der Waals surface area (Å²) in [7, 11) is 4.01. The van der Waals surface area contributed by atoms with Gasteiger partial charge >= 0.3 is 0 Å². The molecule has 0 radical (unpaired) electrons. The number of nitrogens with one attached hydrogen (secondary N) is 1. The summed E-state index contributed by atoms with van der Waals surface area (Å²) in [5.41, 5.74) is 3.14. The molecule has 28 heavy (non-hydrogen) atoms. The van der Waals surface area contributed by atoms with Crippen molar-refractivity contribution >= 4 is 17.7 Å². The normalized spacial score (nSPS) is 12.1. The molecule has 0 aliphatic heterocycles.